The molecule has 0 saturated heterocycles. The van der Waals surface area contributed by atoms with Crippen LogP contribution in [0.25, 0.3) is 11.2 Å². The van der Waals surface area contributed by atoms with Crippen molar-refractivity contribution >= 4 is 28.9 Å². The maximum Gasteiger partial charge on any atom is 0.416 e. The number of hydrogen-bond acceptors (Lipinski definition) is 6. The summed E-state index contributed by atoms with van der Waals surface area (Å²) < 4.78 is 41.2. The number of hydrogen-bond donors (Lipinski definition) is 3. The molecule has 0 aliphatic heterocycles. The topological polar surface area (TPSA) is 105 Å². The van der Waals surface area contributed by atoms with Gasteiger partial charge in [-0.3, -0.25) is 0 Å². The van der Waals surface area contributed by atoms with E-state index >= 15 is 0 Å². The molecule has 1 saturated carbocycles. The summed E-state index contributed by atoms with van der Waals surface area (Å²) in [5.41, 5.74) is 1.81. The molecule has 210 valence electrons. The van der Waals surface area contributed by atoms with Gasteiger partial charge in [0.1, 0.15) is 5.52 Å². The summed E-state index contributed by atoms with van der Waals surface area (Å²) in [4.78, 5) is 25.0. The van der Waals surface area contributed by atoms with E-state index in [0.29, 0.717) is 35.3 Å². The maximum atomic E-state index is 13.1. The number of carboxylic acid groups (broad SMARTS) is 1. The molecule has 4 aromatic rings. The van der Waals surface area contributed by atoms with E-state index in [0.717, 1.165) is 44.2 Å². The third-order valence-corrected chi connectivity index (χ3v) is 7.41. The molecule has 2 aromatic carbocycles. The number of aromatic nitrogens is 4. The van der Waals surface area contributed by atoms with Gasteiger partial charge in [0.05, 0.1) is 12.1 Å². The molecule has 1 aliphatic carbocycles. The van der Waals surface area contributed by atoms with Gasteiger partial charge in [0.2, 0.25) is 11.8 Å². The Balaban J connectivity index is 1.49. The fourth-order valence-corrected chi connectivity index (χ4v) is 4.91. The Morgan fingerprint density at radius 2 is 1.77 bits per heavy atom. The molecular weight excluding hydrogens is 521 g/mol. The molecule has 1 fully saturated rings. The lowest BCUT2D eigenvalue weighted by molar-refractivity contribution is -0.137. The number of nitrogens with zero attached hydrogens (tertiary/aromatic N) is 4. The van der Waals surface area contributed by atoms with E-state index in [1.54, 1.807) is 0 Å². The average Bonchev–Trinajstić information content (AvgIpc) is 3.23. The van der Waals surface area contributed by atoms with Crippen LogP contribution in [0.1, 0.15) is 59.9 Å². The molecule has 8 nitrogen and oxygen atoms in total. The number of alkyl halides is 3. The van der Waals surface area contributed by atoms with Crippen LogP contribution in [0, 0.1) is 5.92 Å². The summed E-state index contributed by atoms with van der Waals surface area (Å²) in [5, 5.41) is 16.4. The van der Waals surface area contributed by atoms with Crippen molar-refractivity contribution in [1.82, 2.24) is 19.5 Å². The molecule has 0 radical (unpaired) electrons. The molecule has 5 rings (SSSR count). The van der Waals surface area contributed by atoms with Gasteiger partial charge in [-0.2, -0.15) is 18.2 Å². The number of benzene rings is 2. The number of aryl methyl sites for hydroxylation is 1. The number of carboxylic acids is 1. The zero-order valence-corrected chi connectivity index (χ0v) is 22.1. The molecule has 1 atom stereocenters. The van der Waals surface area contributed by atoms with E-state index in [4.69, 9.17) is 0 Å². The van der Waals surface area contributed by atoms with Crippen LogP contribution in [0.3, 0.4) is 0 Å². The second-order valence-electron chi connectivity index (χ2n) is 10.2. The lowest BCUT2D eigenvalue weighted by Crippen LogP contribution is -2.31. The third-order valence-electron chi connectivity index (χ3n) is 7.41. The normalized spacial score (nSPS) is 14.6. The minimum absolute atomic E-state index is 0.0465. The number of carbonyl (C=O) groups is 1. The van der Waals surface area contributed by atoms with Gasteiger partial charge >= 0.3 is 12.1 Å². The number of aromatic carboxylic acids is 1. The molecule has 40 heavy (non-hydrogen) atoms. The van der Waals surface area contributed by atoms with Crippen LogP contribution in [0.2, 0.25) is 0 Å². The van der Waals surface area contributed by atoms with Crippen LogP contribution < -0.4 is 10.6 Å². The van der Waals surface area contributed by atoms with E-state index < -0.39 is 17.7 Å². The van der Waals surface area contributed by atoms with Crippen LogP contribution in [0.4, 0.5) is 24.9 Å². The van der Waals surface area contributed by atoms with Crippen LogP contribution in [-0.4, -0.2) is 43.2 Å². The van der Waals surface area contributed by atoms with Crippen molar-refractivity contribution in [2.45, 2.75) is 57.8 Å². The summed E-state index contributed by atoms with van der Waals surface area (Å²) in [7, 11) is 0. The highest BCUT2D eigenvalue weighted by Crippen LogP contribution is 2.34. The first-order valence-corrected chi connectivity index (χ1v) is 13.4. The Bertz CT molecular complexity index is 1470. The predicted molar refractivity (Wildman–Crippen MR) is 147 cm³/mol. The zero-order valence-electron chi connectivity index (χ0n) is 22.1. The lowest BCUT2D eigenvalue weighted by atomic mass is 9.80. The summed E-state index contributed by atoms with van der Waals surface area (Å²) >= 11 is 0. The molecule has 0 amide bonds. The van der Waals surface area contributed by atoms with Crippen LogP contribution in [0.5, 0.6) is 0 Å². The first-order chi connectivity index (χ1) is 19.2. The van der Waals surface area contributed by atoms with Crippen LogP contribution >= 0.6 is 0 Å². The molecular formula is C29H31F3N6O2. The minimum Gasteiger partial charge on any atom is -0.475 e. The van der Waals surface area contributed by atoms with Gasteiger partial charge in [0.15, 0.2) is 11.5 Å². The zero-order chi connectivity index (χ0) is 28.3. The second-order valence-corrected chi connectivity index (χ2v) is 10.2. The molecule has 11 heteroatoms. The molecule has 0 bridgehead atoms. The summed E-state index contributed by atoms with van der Waals surface area (Å²) in [6.07, 6.45) is 0.534. The van der Waals surface area contributed by atoms with Crippen molar-refractivity contribution in [3.05, 3.63) is 77.1 Å². The molecule has 2 heterocycles. The summed E-state index contributed by atoms with van der Waals surface area (Å²) in [6.45, 7) is 2.81. The highest BCUT2D eigenvalue weighted by molar-refractivity contribution is 5.91. The highest BCUT2D eigenvalue weighted by atomic mass is 19.4. The van der Waals surface area contributed by atoms with E-state index in [-0.39, 0.29) is 24.1 Å². The number of anilines is 2. The first kappa shape index (κ1) is 27.4. The lowest BCUT2D eigenvalue weighted by Gasteiger charge is -2.32. The van der Waals surface area contributed by atoms with Crippen molar-refractivity contribution in [2.75, 3.05) is 17.2 Å². The number of rotatable bonds is 11. The minimum atomic E-state index is -4.43. The summed E-state index contributed by atoms with van der Waals surface area (Å²) in [5.74, 6) is -0.403. The van der Waals surface area contributed by atoms with Gasteiger partial charge in [0, 0.05) is 12.6 Å². The number of nitrogens with one attached hydrogen (secondary N) is 2. The first-order valence-electron chi connectivity index (χ1n) is 13.4. The smallest absolute Gasteiger partial charge is 0.416 e. The van der Waals surface area contributed by atoms with Gasteiger partial charge in [-0.05, 0) is 61.8 Å². The Morgan fingerprint density at radius 1 is 1.05 bits per heavy atom. The Kier molecular flexibility index (Phi) is 7.90. The second kappa shape index (κ2) is 11.5. The third kappa shape index (κ3) is 6.19. The number of fused-ring (bicyclic) bond motifs is 1. The Labute approximate surface area is 229 Å². The Hall–Kier alpha value is -4.15. The summed E-state index contributed by atoms with van der Waals surface area (Å²) in [6, 6.07) is 15.1. The maximum absolute atomic E-state index is 13.1. The van der Waals surface area contributed by atoms with Gasteiger partial charge in [-0.25, -0.2) is 14.8 Å². The molecule has 3 N–H and O–H groups in total. The SMILES string of the molecule is C[C@@H](Nc1nc(C(=O)O)nc2nc(NCCCc3ccccc3)n(Cc3ccc(C(F)(F)F)cc3)c12)C1CCC1. The highest BCUT2D eigenvalue weighted by Gasteiger charge is 2.30. The van der Waals surface area contributed by atoms with E-state index in [1.807, 2.05) is 29.7 Å². The van der Waals surface area contributed by atoms with Crippen molar-refractivity contribution < 1.29 is 23.1 Å². The van der Waals surface area contributed by atoms with Gasteiger partial charge in [0.25, 0.3) is 0 Å². The largest absolute Gasteiger partial charge is 0.475 e. The van der Waals surface area contributed by atoms with Crippen molar-refractivity contribution in [3.63, 3.8) is 0 Å². The monoisotopic (exact) mass is 552 g/mol. The van der Waals surface area contributed by atoms with Gasteiger partial charge < -0.3 is 20.3 Å². The molecule has 2 aromatic heterocycles. The van der Waals surface area contributed by atoms with Gasteiger partial charge in [-0.15, -0.1) is 0 Å². The van der Waals surface area contributed by atoms with Crippen molar-refractivity contribution in [2.24, 2.45) is 5.92 Å². The van der Waals surface area contributed by atoms with E-state index in [2.05, 4.69) is 37.7 Å². The molecule has 1 aliphatic rings. The van der Waals surface area contributed by atoms with Crippen LogP contribution in [0.15, 0.2) is 54.6 Å². The fraction of sp³-hybridized carbons (Fsp3) is 0.379. The van der Waals surface area contributed by atoms with E-state index in [1.165, 1.54) is 17.7 Å². The molecule has 0 unspecified atom stereocenters. The quantitative estimate of drug-likeness (QED) is 0.189. The van der Waals surface area contributed by atoms with E-state index in [9.17, 15) is 23.1 Å². The standard InChI is InChI=1S/C29H31F3N6O2/c1-18(21-10-5-11-21)34-24-23-25(36-26(35-24)27(39)40)37-28(33-16-6-9-19-7-3-2-4-8-19)38(23)17-20-12-14-22(15-13-20)29(30,31)32/h2-4,7-8,12-15,18,21H,5-6,9-11,16-17H2,1H3,(H,39,40)(H2,33,34,35,36,37)/t18-/m1/s1. The fourth-order valence-electron chi connectivity index (χ4n) is 4.91. The van der Waals surface area contributed by atoms with Gasteiger partial charge in [-0.1, -0.05) is 48.9 Å². The Morgan fingerprint density at radius 3 is 2.40 bits per heavy atom. The number of halogens is 3. The average molecular weight is 553 g/mol. The van der Waals surface area contributed by atoms with Crippen molar-refractivity contribution in [1.29, 1.82) is 0 Å². The number of imidazole rings is 1. The van der Waals surface area contributed by atoms with Crippen molar-refractivity contribution in [3.8, 4) is 0 Å². The molecule has 0 spiro atoms. The predicted octanol–water partition coefficient (Wildman–Crippen LogP) is 6.24. The van der Waals surface area contributed by atoms with Crippen LogP contribution in [-0.2, 0) is 19.1 Å².